The summed E-state index contributed by atoms with van der Waals surface area (Å²) in [4.78, 5) is 0. The van der Waals surface area contributed by atoms with Gasteiger partial charge in [-0.25, -0.2) is 0 Å². The van der Waals surface area contributed by atoms with Crippen molar-refractivity contribution in [3.8, 4) is 0 Å². The minimum Gasteiger partial charge on any atom is -0.307 e. The molecule has 0 amide bonds. The van der Waals surface area contributed by atoms with Crippen molar-refractivity contribution in [2.45, 2.75) is 71.9 Å². The molecule has 0 spiro atoms. The zero-order chi connectivity index (χ0) is 15.3. The number of rotatable bonds is 2. The van der Waals surface area contributed by atoms with E-state index in [1.807, 2.05) is 6.07 Å². The Morgan fingerprint density at radius 3 is 2.67 bits per heavy atom. The van der Waals surface area contributed by atoms with E-state index in [1.165, 1.54) is 36.8 Å². The highest BCUT2D eigenvalue weighted by atomic mass is 35.5. The Bertz CT molecular complexity index is 532. The van der Waals surface area contributed by atoms with Crippen LogP contribution in [0, 0.1) is 10.8 Å². The van der Waals surface area contributed by atoms with Crippen LogP contribution in [0.5, 0.6) is 0 Å². The quantitative estimate of drug-likeness (QED) is 0.758. The highest BCUT2D eigenvalue weighted by Crippen LogP contribution is 2.47. The molecular formula is C19H28ClN. The van der Waals surface area contributed by atoms with Gasteiger partial charge in [0, 0.05) is 17.1 Å². The van der Waals surface area contributed by atoms with E-state index in [1.54, 1.807) is 0 Å². The van der Waals surface area contributed by atoms with Crippen molar-refractivity contribution in [3.63, 3.8) is 0 Å². The van der Waals surface area contributed by atoms with Crippen molar-refractivity contribution in [2.24, 2.45) is 10.8 Å². The second-order valence-corrected chi connectivity index (χ2v) is 9.00. The fourth-order valence-electron chi connectivity index (χ4n) is 4.40. The Hall–Kier alpha value is -0.530. The Balaban J connectivity index is 1.83. The number of halogens is 1. The third-order valence-corrected chi connectivity index (χ3v) is 5.69. The van der Waals surface area contributed by atoms with Gasteiger partial charge in [0.25, 0.3) is 0 Å². The third kappa shape index (κ3) is 3.14. The van der Waals surface area contributed by atoms with Crippen molar-refractivity contribution in [3.05, 3.63) is 34.3 Å². The van der Waals surface area contributed by atoms with E-state index in [-0.39, 0.29) is 5.41 Å². The smallest absolute Gasteiger partial charge is 0.0409 e. The Kier molecular flexibility index (Phi) is 3.86. The van der Waals surface area contributed by atoms with Gasteiger partial charge in [-0.15, -0.1) is 0 Å². The Morgan fingerprint density at radius 1 is 1.19 bits per heavy atom. The summed E-state index contributed by atoms with van der Waals surface area (Å²) < 4.78 is 0. The van der Waals surface area contributed by atoms with E-state index in [9.17, 15) is 0 Å². The van der Waals surface area contributed by atoms with Gasteiger partial charge < -0.3 is 5.32 Å². The van der Waals surface area contributed by atoms with Gasteiger partial charge >= 0.3 is 0 Å². The normalized spacial score (nSPS) is 30.1. The van der Waals surface area contributed by atoms with E-state index in [0.29, 0.717) is 17.5 Å². The van der Waals surface area contributed by atoms with Gasteiger partial charge in [0.2, 0.25) is 0 Å². The van der Waals surface area contributed by atoms with Crippen LogP contribution >= 0.6 is 11.6 Å². The van der Waals surface area contributed by atoms with Crippen molar-refractivity contribution in [2.75, 3.05) is 0 Å². The number of hydrogen-bond acceptors (Lipinski definition) is 1. The molecule has 0 bridgehead atoms. The lowest BCUT2D eigenvalue weighted by atomic mass is 9.74. The topological polar surface area (TPSA) is 12.0 Å². The second-order valence-electron chi connectivity index (χ2n) is 8.57. The largest absolute Gasteiger partial charge is 0.307 e. The van der Waals surface area contributed by atoms with Gasteiger partial charge in [-0.2, -0.15) is 0 Å². The molecule has 2 heteroatoms. The summed E-state index contributed by atoms with van der Waals surface area (Å²) in [7, 11) is 0. The molecule has 2 aliphatic rings. The van der Waals surface area contributed by atoms with Gasteiger partial charge in [0.15, 0.2) is 0 Å². The van der Waals surface area contributed by atoms with Crippen LogP contribution in [0.3, 0.4) is 0 Å². The first-order valence-electron chi connectivity index (χ1n) is 8.31. The summed E-state index contributed by atoms with van der Waals surface area (Å²) in [5, 5.41) is 4.85. The minimum absolute atomic E-state index is 0.272. The second kappa shape index (κ2) is 5.28. The molecule has 3 rings (SSSR count). The molecule has 1 saturated carbocycles. The number of hydrogen-bond donors (Lipinski definition) is 1. The van der Waals surface area contributed by atoms with Gasteiger partial charge in [0.05, 0.1) is 0 Å². The van der Waals surface area contributed by atoms with Gasteiger partial charge in [-0.1, -0.05) is 51.8 Å². The summed E-state index contributed by atoms with van der Waals surface area (Å²) in [5.74, 6) is 0. The lowest BCUT2D eigenvalue weighted by molar-refractivity contribution is 0.161. The number of benzene rings is 1. The molecule has 0 saturated heterocycles. The summed E-state index contributed by atoms with van der Waals surface area (Å²) in [6, 6.07) is 7.50. The molecule has 1 nitrogen and oxygen atoms in total. The van der Waals surface area contributed by atoms with E-state index < -0.39 is 0 Å². The molecule has 1 aromatic carbocycles. The molecule has 116 valence electrons. The maximum absolute atomic E-state index is 6.24. The SMILES string of the molecule is CC1(C)CCCC(NC2c3cc(Cl)ccc3CC2(C)C)C1. The van der Waals surface area contributed by atoms with Crippen LogP contribution in [0.4, 0.5) is 0 Å². The van der Waals surface area contributed by atoms with Crippen LogP contribution in [0.2, 0.25) is 5.02 Å². The lowest BCUT2D eigenvalue weighted by Crippen LogP contribution is -2.42. The molecule has 1 aromatic rings. The molecule has 0 aromatic heterocycles. The zero-order valence-electron chi connectivity index (χ0n) is 13.8. The zero-order valence-corrected chi connectivity index (χ0v) is 14.6. The van der Waals surface area contributed by atoms with Crippen molar-refractivity contribution < 1.29 is 0 Å². The maximum Gasteiger partial charge on any atom is 0.0409 e. The van der Waals surface area contributed by atoms with E-state index in [4.69, 9.17) is 11.6 Å². The van der Waals surface area contributed by atoms with Gasteiger partial charge in [0.1, 0.15) is 0 Å². The summed E-state index contributed by atoms with van der Waals surface area (Å²) >= 11 is 6.24. The molecule has 1 fully saturated rings. The maximum atomic E-state index is 6.24. The number of nitrogens with one attached hydrogen (secondary N) is 1. The molecule has 2 aliphatic carbocycles. The lowest BCUT2D eigenvalue weighted by Gasteiger charge is -2.40. The molecular weight excluding hydrogens is 278 g/mol. The Morgan fingerprint density at radius 2 is 1.95 bits per heavy atom. The molecule has 0 radical (unpaired) electrons. The fraction of sp³-hybridized carbons (Fsp3) is 0.684. The molecule has 0 aliphatic heterocycles. The van der Waals surface area contributed by atoms with E-state index in [0.717, 1.165) is 11.4 Å². The average molecular weight is 306 g/mol. The van der Waals surface area contributed by atoms with Crippen LogP contribution in [-0.2, 0) is 6.42 Å². The predicted molar refractivity (Wildman–Crippen MR) is 90.9 cm³/mol. The standard InChI is InChI=1S/C19H28ClN/c1-18(2)9-5-6-15(12-18)21-17-16-10-14(20)8-7-13(16)11-19(17,3)4/h7-8,10,15,17,21H,5-6,9,11-12H2,1-4H3. The van der Waals surface area contributed by atoms with Crippen LogP contribution in [0.1, 0.15) is 70.5 Å². The number of fused-ring (bicyclic) bond motifs is 1. The summed E-state index contributed by atoms with van der Waals surface area (Å²) in [6.07, 6.45) is 6.45. The fourth-order valence-corrected chi connectivity index (χ4v) is 4.58. The first-order valence-corrected chi connectivity index (χ1v) is 8.69. The molecule has 2 atom stereocenters. The molecule has 21 heavy (non-hydrogen) atoms. The first kappa shape index (κ1) is 15.4. The van der Waals surface area contributed by atoms with Crippen LogP contribution in [0.25, 0.3) is 0 Å². The molecule has 0 heterocycles. The van der Waals surface area contributed by atoms with Gasteiger partial charge in [-0.05, 0) is 59.8 Å². The predicted octanol–water partition coefficient (Wildman–Crippen LogP) is 5.52. The van der Waals surface area contributed by atoms with Gasteiger partial charge in [-0.3, -0.25) is 0 Å². The van der Waals surface area contributed by atoms with Crippen LogP contribution < -0.4 is 5.32 Å². The third-order valence-electron chi connectivity index (χ3n) is 5.45. The Labute approximate surface area is 134 Å². The summed E-state index contributed by atoms with van der Waals surface area (Å²) in [6.45, 7) is 9.58. The molecule has 1 N–H and O–H groups in total. The average Bonchev–Trinajstić information content (AvgIpc) is 2.60. The summed E-state index contributed by atoms with van der Waals surface area (Å²) in [5.41, 5.74) is 3.65. The monoisotopic (exact) mass is 305 g/mol. The minimum atomic E-state index is 0.272. The van der Waals surface area contributed by atoms with Crippen molar-refractivity contribution >= 4 is 11.6 Å². The van der Waals surface area contributed by atoms with E-state index in [2.05, 4.69) is 45.1 Å². The highest BCUT2D eigenvalue weighted by Gasteiger charge is 2.41. The molecule has 2 unspecified atom stereocenters. The first-order chi connectivity index (χ1) is 9.77. The highest BCUT2D eigenvalue weighted by molar-refractivity contribution is 6.30. The van der Waals surface area contributed by atoms with Crippen molar-refractivity contribution in [1.82, 2.24) is 5.32 Å². The van der Waals surface area contributed by atoms with E-state index >= 15 is 0 Å². The van der Waals surface area contributed by atoms with Crippen molar-refractivity contribution in [1.29, 1.82) is 0 Å². The van der Waals surface area contributed by atoms with Crippen LogP contribution in [0.15, 0.2) is 18.2 Å². The van der Waals surface area contributed by atoms with Crippen LogP contribution in [-0.4, -0.2) is 6.04 Å².